The molecule has 0 amide bonds. The summed E-state index contributed by atoms with van der Waals surface area (Å²) >= 11 is 5.16. The molecule has 9 heteroatoms. The number of aromatic nitrogens is 2. The molecule has 2 unspecified atom stereocenters. The van der Waals surface area contributed by atoms with Crippen LogP contribution in [-0.4, -0.2) is 33.7 Å². The quantitative estimate of drug-likeness (QED) is 0.744. The second-order valence-corrected chi connectivity index (χ2v) is 8.52. The molecule has 2 N–H and O–H groups in total. The molecule has 0 radical (unpaired) electrons. The third-order valence-electron chi connectivity index (χ3n) is 3.91. The number of piperidine rings is 1. The number of halogens is 3. The molecule has 1 saturated heterocycles. The lowest BCUT2D eigenvalue weighted by Gasteiger charge is -2.36. The zero-order valence-electron chi connectivity index (χ0n) is 15.7. The van der Waals surface area contributed by atoms with Gasteiger partial charge in [0, 0.05) is 24.7 Å². The molecule has 1 aliphatic rings. The predicted octanol–water partition coefficient (Wildman–Crippen LogP) is 4.06. The highest BCUT2D eigenvalue weighted by Gasteiger charge is 2.35. The molecule has 0 aliphatic carbocycles. The van der Waals surface area contributed by atoms with Gasteiger partial charge >= 0.3 is 6.18 Å². The maximum Gasteiger partial charge on any atom is 0.433 e. The third kappa shape index (κ3) is 5.96. The average Bonchev–Trinajstić information content (AvgIpc) is 2.42. The van der Waals surface area contributed by atoms with Gasteiger partial charge in [0.2, 0.25) is 5.95 Å². The predicted molar refractivity (Wildman–Crippen MR) is 101 cm³/mol. The maximum absolute atomic E-state index is 13.3. The van der Waals surface area contributed by atoms with Crippen molar-refractivity contribution in [3.05, 3.63) is 11.8 Å². The minimum atomic E-state index is -4.56. The van der Waals surface area contributed by atoms with E-state index in [2.05, 4.69) is 34.4 Å². The molecule has 0 spiro atoms. The van der Waals surface area contributed by atoms with Gasteiger partial charge in [-0.15, -0.1) is 0 Å². The summed E-state index contributed by atoms with van der Waals surface area (Å²) in [5.41, 5.74) is -1.30. The molecule has 0 saturated carbocycles. The molecule has 1 aromatic rings. The highest BCUT2D eigenvalue weighted by Crippen LogP contribution is 2.32. The number of anilines is 2. The monoisotopic (exact) mass is 389 g/mol. The third-order valence-corrected chi connectivity index (χ3v) is 4.11. The molecule has 146 valence electrons. The Labute approximate surface area is 157 Å². The molecule has 2 rings (SSSR count). The Morgan fingerprint density at radius 2 is 1.73 bits per heavy atom. The lowest BCUT2D eigenvalue weighted by Crippen LogP contribution is -2.43. The summed E-state index contributed by atoms with van der Waals surface area (Å²) in [7, 11) is 0. The molecular weight excluding hydrogens is 363 g/mol. The fourth-order valence-electron chi connectivity index (χ4n) is 3.12. The zero-order valence-corrected chi connectivity index (χ0v) is 16.6. The normalized spacial score (nSPS) is 21.5. The zero-order chi connectivity index (χ0) is 19.7. The van der Waals surface area contributed by atoms with Gasteiger partial charge in [-0.05, 0) is 51.2 Å². The van der Waals surface area contributed by atoms with Crippen LogP contribution in [0.3, 0.4) is 0 Å². The van der Waals surface area contributed by atoms with Crippen LogP contribution >= 0.6 is 12.2 Å². The number of thiocarbonyl (C=S) groups is 1. The van der Waals surface area contributed by atoms with E-state index in [9.17, 15) is 13.2 Å². The molecule has 2 heterocycles. The first-order chi connectivity index (χ1) is 11.8. The summed E-state index contributed by atoms with van der Waals surface area (Å²) in [4.78, 5) is 9.78. The van der Waals surface area contributed by atoms with Crippen molar-refractivity contribution in [2.45, 2.75) is 52.8 Å². The highest BCUT2D eigenvalue weighted by atomic mass is 32.1. The molecule has 1 fully saturated rings. The van der Waals surface area contributed by atoms with Gasteiger partial charge in [-0.1, -0.05) is 13.8 Å². The molecule has 0 aromatic carbocycles. The molecular formula is C17H26F3N5S. The Morgan fingerprint density at radius 1 is 1.15 bits per heavy atom. The smallest absolute Gasteiger partial charge is 0.358 e. The molecule has 26 heavy (non-hydrogen) atoms. The molecule has 1 aliphatic heterocycles. The van der Waals surface area contributed by atoms with Gasteiger partial charge in [0.15, 0.2) is 10.8 Å². The number of nitrogens with one attached hydrogen (secondary N) is 2. The number of hydrogen-bond donors (Lipinski definition) is 2. The standard InChI is InChI=1S/C17H26F3N5S/c1-10-6-11(2)9-25(8-10)13-7-12(17(18,19)20)21-14(22-13)23-15(26)24-16(3,4)5/h7,10-11H,6,8-9H2,1-5H3,(H2,21,22,23,24,26). The van der Waals surface area contributed by atoms with Crippen LogP contribution in [0, 0.1) is 11.8 Å². The Kier molecular flexibility index (Phi) is 5.99. The van der Waals surface area contributed by atoms with Crippen molar-refractivity contribution in [1.82, 2.24) is 15.3 Å². The average molecular weight is 389 g/mol. The fraction of sp³-hybridized carbons (Fsp3) is 0.706. The lowest BCUT2D eigenvalue weighted by molar-refractivity contribution is -0.141. The fourth-order valence-corrected chi connectivity index (χ4v) is 3.52. The minimum Gasteiger partial charge on any atom is -0.358 e. The van der Waals surface area contributed by atoms with Crippen LogP contribution in [0.15, 0.2) is 6.07 Å². The molecule has 2 atom stereocenters. The van der Waals surface area contributed by atoms with Crippen LogP contribution in [0.25, 0.3) is 0 Å². The first-order valence-electron chi connectivity index (χ1n) is 8.64. The van der Waals surface area contributed by atoms with Gasteiger partial charge < -0.3 is 15.5 Å². The van der Waals surface area contributed by atoms with Crippen molar-refractivity contribution in [3.63, 3.8) is 0 Å². The first-order valence-corrected chi connectivity index (χ1v) is 9.04. The largest absolute Gasteiger partial charge is 0.433 e. The Hall–Kier alpha value is -1.64. The van der Waals surface area contributed by atoms with Crippen LogP contribution in [0.5, 0.6) is 0 Å². The summed E-state index contributed by atoms with van der Waals surface area (Å²) < 4.78 is 39.9. The molecule has 5 nitrogen and oxygen atoms in total. The van der Waals surface area contributed by atoms with Gasteiger partial charge in [0.1, 0.15) is 5.82 Å². The van der Waals surface area contributed by atoms with E-state index in [1.165, 1.54) is 0 Å². The second kappa shape index (κ2) is 7.54. The van der Waals surface area contributed by atoms with E-state index in [0.717, 1.165) is 12.5 Å². The van der Waals surface area contributed by atoms with Crippen molar-refractivity contribution in [2.24, 2.45) is 11.8 Å². The van der Waals surface area contributed by atoms with E-state index in [1.54, 1.807) is 0 Å². The summed E-state index contributed by atoms with van der Waals surface area (Å²) in [5, 5.41) is 5.85. The summed E-state index contributed by atoms with van der Waals surface area (Å²) in [5.74, 6) is 0.903. The topological polar surface area (TPSA) is 53.1 Å². The highest BCUT2D eigenvalue weighted by molar-refractivity contribution is 7.80. The van der Waals surface area contributed by atoms with Crippen molar-refractivity contribution in [1.29, 1.82) is 0 Å². The van der Waals surface area contributed by atoms with Crippen molar-refractivity contribution >= 4 is 29.1 Å². The summed E-state index contributed by atoms with van der Waals surface area (Å²) in [6, 6.07) is 1.01. The van der Waals surface area contributed by atoms with Crippen molar-refractivity contribution < 1.29 is 13.2 Å². The Bertz CT molecular complexity index is 647. The van der Waals surface area contributed by atoms with Gasteiger partial charge in [0.05, 0.1) is 0 Å². The number of alkyl halides is 3. The number of rotatable bonds is 2. The van der Waals surface area contributed by atoms with E-state index in [4.69, 9.17) is 12.2 Å². The van der Waals surface area contributed by atoms with Crippen LogP contribution in [0.2, 0.25) is 0 Å². The van der Waals surface area contributed by atoms with E-state index in [-0.39, 0.29) is 22.4 Å². The Morgan fingerprint density at radius 3 is 2.23 bits per heavy atom. The van der Waals surface area contributed by atoms with Crippen molar-refractivity contribution in [3.8, 4) is 0 Å². The van der Waals surface area contributed by atoms with Crippen LogP contribution in [0.1, 0.15) is 46.7 Å². The SMILES string of the molecule is CC1CC(C)CN(c2cc(C(F)(F)F)nc(NC(=S)NC(C)(C)C)n2)C1. The van der Waals surface area contributed by atoms with Crippen LogP contribution in [0.4, 0.5) is 24.9 Å². The van der Waals surface area contributed by atoms with E-state index >= 15 is 0 Å². The lowest BCUT2D eigenvalue weighted by atomic mass is 9.92. The first kappa shape index (κ1) is 20.7. The van der Waals surface area contributed by atoms with E-state index in [0.29, 0.717) is 24.9 Å². The second-order valence-electron chi connectivity index (χ2n) is 8.11. The van der Waals surface area contributed by atoms with Crippen LogP contribution in [-0.2, 0) is 6.18 Å². The molecule has 0 bridgehead atoms. The summed E-state index contributed by atoms with van der Waals surface area (Å²) in [6.07, 6.45) is -3.50. The summed E-state index contributed by atoms with van der Waals surface area (Å²) in [6.45, 7) is 11.2. The minimum absolute atomic E-state index is 0.151. The van der Waals surface area contributed by atoms with E-state index in [1.807, 2.05) is 25.7 Å². The van der Waals surface area contributed by atoms with Gasteiger partial charge in [-0.25, -0.2) is 4.98 Å². The number of nitrogens with zero attached hydrogens (tertiary/aromatic N) is 3. The molecule has 1 aromatic heterocycles. The van der Waals surface area contributed by atoms with Gasteiger partial charge in [0.25, 0.3) is 0 Å². The number of hydrogen-bond acceptors (Lipinski definition) is 4. The van der Waals surface area contributed by atoms with E-state index < -0.39 is 11.9 Å². The maximum atomic E-state index is 13.3. The van der Waals surface area contributed by atoms with Gasteiger partial charge in [-0.3, -0.25) is 0 Å². The van der Waals surface area contributed by atoms with Crippen LogP contribution < -0.4 is 15.5 Å². The van der Waals surface area contributed by atoms with Crippen molar-refractivity contribution in [2.75, 3.05) is 23.3 Å². The Balaban J connectivity index is 2.32. The van der Waals surface area contributed by atoms with Gasteiger partial charge in [-0.2, -0.15) is 18.2 Å².